The van der Waals surface area contributed by atoms with Crippen LogP contribution in [0.4, 0.5) is 5.13 Å². The van der Waals surface area contributed by atoms with Crippen LogP contribution in [-0.4, -0.2) is 72.2 Å². The molecule has 1 saturated heterocycles. The normalized spacial score (nSPS) is 14.6. The first kappa shape index (κ1) is 18.7. The van der Waals surface area contributed by atoms with Crippen molar-refractivity contribution < 1.29 is 14.3 Å². The first-order chi connectivity index (χ1) is 12.7. The van der Waals surface area contributed by atoms with Gasteiger partial charge in [0.25, 0.3) is 5.91 Å². The fourth-order valence-corrected chi connectivity index (χ4v) is 3.73. The Hall–Kier alpha value is -2.04. The van der Waals surface area contributed by atoms with Crippen molar-refractivity contribution in [2.45, 2.75) is 19.9 Å². The summed E-state index contributed by atoms with van der Waals surface area (Å²) < 4.78 is 12.4. The van der Waals surface area contributed by atoms with Gasteiger partial charge in [-0.15, -0.1) is 10.2 Å². The zero-order valence-electron chi connectivity index (χ0n) is 15.1. The maximum atomic E-state index is 12.5. The van der Waals surface area contributed by atoms with Crippen LogP contribution in [0.2, 0.25) is 0 Å². The predicted molar refractivity (Wildman–Crippen MR) is 97.8 cm³/mol. The lowest BCUT2D eigenvalue weighted by molar-refractivity contribution is 0.0957. The second kappa shape index (κ2) is 9.06. The number of hydrogen-bond acceptors (Lipinski definition) is 8. The largest absolute Gasteiger partial charge is 0.383 e. The first-order valence-corrected chi connectivity index (χ1v) is 9.44. The lowest BCUT2D eigenvalue weighted by atomic mass is 10.3. The molecule has 2 aromatic rings. The number of anilines is 1. The zero-order chi connectivity index (χ0) is 18.4. The summed E-state index contributed by atoms with van der Waals surface area (Å²) in [6, 6.07) is 0. The number of carbonyl (C=O) groups is 1. The maximum absolute atomic E-state index is 12.5. The maximum Gasteiger partial charge on any atom is 0.263 e. The molecule has 0 saturated carbocycles. The van der Waals surface area contributed by atoms with Crippen LogP contribution >= 0.6 is 11.3 Å². The van der Waals surface area contributed by atoms with Crippen LogP contribution in [0.15, 0.2) is 6.33 Å². The van der Waals surface area contributed by atoms with Crippen LogP contribution < -0.4 is 10.2 Å². The highest BCUT2D eigenvalue weighted by Crippen LogP contribution is 2.26. The van der Waals surface area contributed by atoms with Crippen molar-refractivity contribution in [2.75, 3.05) is 51.5 Å². The molecule has 0 bridgehead atoms. The minimum Gasteiger partial charge on any atom is -0.383 e. The number of amides is 1. The van der Waals surface area contributed by atoms with E-state index >= 15 is 0 Å². The van der Waals surface area contributed by atoms with Gasteiger partial charge < -0.3 is 24.3 Å². The van der Waals surface area contributed by atoms with Crippen molar-refractivity contribution in [3.05, 3.63) is 22.7 Å². The molecule has 0 unspecified atom stereocenters. The SMILES string of the molecule is COCCn1cnnc1CCNC(=O)c1sc(N2CCOCC2)nc1C. The molecule has 0 atom stereocenters. The number of rotatable bonds is 8. The lowest BCUT2D eigenvalue weighted by Gasteiger charge is -2.25. The van der Waals surface area contributed by atoms with E-state index in [1.165, 1.54) is 11.3 Å². The summed E-state index contributed by atoms with van der Waals surface area (Å²) in [6.45, 7) is 6.68. The topological polar surface area (TPSA) is 94.4 Å². The number of methoxy groups -OCH3 is 1. The van der Waals surface area contributed by atoms with Crippen molar-refractivity contribution in [2.24, 2.45) is 0 Å². The van der Waals surface area contributed by atoms with Crippen LogP contribution in [0.25, 0.3) is 0 Å². The summed E-state index contributed by atoms with van der Waals surface area (Å²) in [4.78, 5) is 19.9. The monoisotopic (exact) mass is 380 g/mol. The van der Waals surface area contributed by atoms with Gasteiger partial charge in [0.05, 0.1) is 25.5 Å². The number of morpholine rings is 1. The van der Waals surface area contributed by atoms with Crippen LogP contribution in [0, 0.1) is 6.92 Å². The molecule has 0 radical (unpaired) electrons. The molecular weight excluding hydrogens is 356 g/mol. The molecule has 1 amide bonds. The second-order valence-electron chi connectivity index (χ2n) is 5.95. The van der Waals surface area contributed by atoms with Gasteiger partial charge in [-0.25, -0.2) is 4.98 Å². The van der Waals surface area contributed by atoms with E-state index in [2.05, 4.69) is 25.4 Å². The van der Waals surface area contributed by atoms with E-state index in [1.54, 1.807) is 13.4 Å². The summed E-state index contributed by atoms with van der Waals surface area (Å²) >= 11 is 1.43. The molecule has 1 N–H and O–H groups in total. The van der Waals surface area contributed by atoms with E-state index in [1.807, 2.05) is 11.5 Å². The van der Waals surface area contributed by atoms with Crippen LogP contribution in [0.3, 0.4) is 0 Å². The molecule has 2 aromatic heterocycles. The van der Waals surface area contributed by atoms with Crippen LogP contribution in [-0.2, 0) is 22.4 Å². The Balaban J connectivity index is 1.54. The van der Waals surface area contributed by atoms with Crippen molar-refractivity contribution in [3.63, 3.8) is 0 Å². The average Bonchev–Trinajstić information content (AvgIpc) is 3.27. The molecule has 1 aliphatic heterocycles. The first-order valence-electron chi connectivity index (χ1n) is 8.63. The Bertz CT molecular complexity index is 725. The van der Waals surface area contributed by atoms with E-state index in [4.69, 9.17) is 9.47 Å². The molecule has 3 rings (SSSR count). The van der Waals surface area contributed by atoms with Gasteiger partial charge in [0.15, 0.2) is 5.13 Å². The van der Waals surface area contributed by atoms with Gasteiger partial charge in [-0.05, 0) is 6.92 Å². The van der Waals surface area contributed by atoms with Gasteiger partial charge in [-0.2, -0.15) is 0 Å². The number of aromatic nitrogens is 4. The molecule has 1 aliphatic rings. The van der Waals surface area contributed by atoms with Gasteiger partial charge in [0, 0.05) is 39.7 Å². The summed E-state index contributed by atoms with van der Waals surface area (Å²) in [5.41, 5.74) is 0.761. The zero-order valence-corrected chi connectivity index (χ0v) is 15.9. The fourth-order valence-electron chi connectivity index (χ4n) is 2.70. The highest BCUT2D eigenvalue weighted by Gasteiger charge is 2.20. The van der Waals surface area contributed by atoms with E-state index in [0.717, 1.165) is 29.7 Å². The molecule has 1 fully saturated rings. The fraction of sp³-hybridized carbons (Fsp3) is 0.625. The number of aryl methyl sites for hydroxylation is 1. The Kier molecular flexibility index (Phi) is 6.53. The van der Waals surface area contributed by atoms with E-state index in [0.29, 0.717) is 44.2 Å². The molecule has 3 heterocycles. The highest BCUT2D eigenvalue weighted by atomic mass is 32.1. The summed E-state index contributed by atoms with van der Waals surface area (Å²) in [5.74, 6) is 0.736. The molecule has 10 heteroatoms. The number of thiazole rings is 1. The Morgan fingerprint density at radius 2 is 2.23 bits per heavy atom. The van der Waals surface area contributed by atoms with Gasteiger partial charge in [-0.3, -0.25) is 4.79 Å². The molecule has 0 aliphatic carbocycles. The number of nitrogens with zero attached hydrogens (tertiary/aromatic N) is 5. The summed E-state index contributed by atoms with van der Waals surface area (Å²) in [6.07, 6.45) is 2.29. The highest BCUT2D eigenvalue weighted by molar-refractivity contribution is 7.17. The molecule has 0 spiro atoms. The third-order valence-electron chi connectivity index (χ3n) is 4.14. The molecule has 26 heavy (non-hydrogen) atoms. The van der Waals surface area contributed by atoms with Crippen molar-refractivity contribution in [3.8, 4) is 0 Å². The van der Waals surface area contributed by atoms with Crippen molar-refractivity contribution >= 4 is 22.4 Å². The Labute approximate surface area is 156 Å². The standard InChI is InChI=1S/C16H24N6O3S/c1-12-14(26-16(19-12)21-6-9-25-10-7-21)15(23)17-4-3-13-20-18-11-22(13)5-8-24-2/h11H,3-10H2,1-2H3,(H,17,23). The lowest BCUT2D eigenvalue weighted by Crippen LogP contribution is -2.36. The molecule has 142 valence electrons. The Morgan fingerprint density at radius 1 is 1.42 bits per heavy atom. The number of nitrogens with one attached hydrogen (secondary N) is 1. The molecular formula is C16H24N6O3S. The van der Waals surface area contributed by atoms with Gasteiger partial charge in [-0.1, -0.05) is 11.3 Å². The smallest absolute Gasteiger partial charge is 0.263 e. The number of ether oxygens (including phenoxy) is 2. The van der Waals surface area contributed by atoms with Gasteiger partial charge in [0.2, 0.25) is 0 Å². The van der Waals surface area contributed by atoms with E-state index in [-0.39, 0.29) is 5.91 Å². The van der Waals surface area contributed by atoms with Crippen molar-refractivity contribution in [1.29, 1.82) is 0 Å². The number of carbonyl (C=O) groups excluding carboxylic acids is 1. The second-order valence-corrected chi connectivity index (χ2v) is 6.93. The molecule has 9 nitrogen and oxygen atoms in total. The number of hydrogen-bond donors (Lipinski definition) is 1. The predicted octanol–water partition coefficient (Wildman–Crippen LogP) is 0.499. The average molecular weight is 380 g/mol. The quantitative estimate of drug-likeness (QED) is 0.712. The third kappa shape index (κ3) is 4.57. The summed E-state index contributed by atoms with van der Waals surface area (Å²) in [5, 5.41) is 11.9. The van der Waals surface area contributed by atoms with Gasteiger partial charge in [0.1, 0.15) is 17.0 Å². The minimum atomic E-state index is -0.0949. The summed E-state index contributed by atoms with van der Waals surface area (Å²) in [7, 11) is 1.66. The van der Waals surface area contributed by atoms with Crippen LogP contribution in [0.5, 0.6) is 0 Å². The third-order valence-corrected chi connectivity index (χ3v) is 5.36. The minimum absolute atomic E-state index is 0.0949. The van der Waals surface area contributed by atoms with Crippen LogP contribution in [0.1, 0.15) is 21.2 Å². The van der Waals surface area contributed by atoms with E-state index < -0.39 is 0 Å². The van der Waals surface area contributed by atoms with Crippen molar-refractivity contribution in [1.82, 2.24) is 25.1 Å². The molecule has 0 aromatic carbocycles. The van der Waals surface area contributed by atoms with E-state index in [9.17, 15) is 4.79 Å². The Morgan fingerprint density at radius 3 is 3.00 bits per heavy atom. The van der Waals surface area contributed by atoms with Gasteiger partial charge >= 0.3 is 0 Å².